The lowest BCUT2D eigenvalue weighted by Crippen LogP contribution is -2.34. The zero-order valence-electron chi connectivity index (χ0n) is 7.51. The first kappa shape index (κ1) is 10.9. The first-order chi connectivity index (χ1) is 6.20. The van der Waals surface area contributed by atoms with E-state index < -0.39 is 0 Å². The van der Waals surface area contributed by atoms with E-state index in [9.17, 15) is 4.79 Å². The summed E-state index contributed by atoms with van der Waals surface area (Å²) in [5, 5.41) is 3.25. The summed E-state index contributed by atoms with van der Waals surface area (Å²) in [5.41, 5.74) is 0. The number of carbonyl (C=O) groups excluding carboxylic acids is 1. The van der Waals surface area contributed by atoms with Crippen LogP contribution in [0.15, 0.2) is 11.6 Å². The first-order valence-electron chi connectivity index (χ1n) is 4.39. The number of amides is 1. The molecule has 0 saturated carbocycles. The van der Waals surface area contributed by atoms with E-state index in [0.717, 1.165) is 18.6 Å². The lowest BCUT2D eigenvalue weighted by molar-refractivity contribution is -0.124. The Hall–Kier alpha value is -0.150. The molecule has 0 radical (unpaired) electrons. The third kappa shape index (κ3) is 4.05. The van der Waals surface area contributed by atoms with Crippen LogP contribution in [-0.4, -0.2) is 24.0 Å². The van der Waals surface area contributed by atoms with Crippen LogP contribution in [0.5, 0.6) is 0 Å². The van der Waals surface area contributed by atoms with Gasteiger partial charge in [0.15, 0.2) is 0 Å². The second kappa shape index (κ2) is 5.55. The molecule has 1 aliphatic heterocycles. The van der Waals surface area contributed by atoms with Crippen LogP contribution >= 0.6 is 23.4 Å². The molecule has 0 bridgehead atoms. The third-order valence-electron chi connectivity index (χ3n) is 1.99. The number of carbonyl (C=O) groups is 1. The van der Waals surface area contributed by atoms with Crippen molar-refractivity contribution < 1.29 is 4.79 Å². The summed E-state index contributed by atoms with van der Waals surface area (Å²) in [5.74, 6) is 2.43. The zero-order valence-corrected chi connectivity index (χ0v) is 9.09. The van der Waals surface area contributed by atoms with Gasteiger partial charge in [0.05, 0.1) is 6.54 Å². The van der Waals surface area contributed by atoms with Crippen molar-refractivity contribution in [3.63, 3.8) is 0 Å². The largest absolute Gasteiger partial charge is 0.351 e. The van der Waals surface area contributed by atoms with Crippen LogP contribution < -0.4 is 5.32 Å². The molecule has 0 aromatic carbocycles. The monoisotopic (exact) mass is 219 g/mol. The average Bonchev–Trinajstić information content (AvgIpc) is 2.15. The van der Waals surface area contributed by atoms with Gasteiger partial charge >= 0.3 is 0 Å². The average molecular weight is 220 g/mol. The normalized spacial score (nSPS) is 22.4. The van der Waals surface area contributed by atoms with Gasteiger partial charge in [0.25, 0.3) is 0 Å². The Morgan fingerprint density at radius 1 is 1.69 bits per heavy atom. The fourth-order valence-electron chi connectivity index (χ4n) is 1.27. The van der Waals surface area contributed by atoms with Gasteiger partial charge < -0.3 is 5.32 Å². The standard InChI is InChI=1S/C9H14ClNOS/c1-7(10)5-11-9(12)8-3-2-4-13-6-8/h8H,1-6H2,(H,11,12). The summed E-state index contributed by atoms with van der Waals surface area (Å²) in [4.78, 5) is 11.5. The van der Waals surface area contributed by atoms with Gasteiger partial charge in [-0.25, -0.2) is 0 Å². The Balaban J connectivity index is 2.25. The van der Waals surface area contributed by atoms with Crippen molar-refractivity contribution in [2.24, 2.45) is 5.92 Å². The molecule has 1 heterocycles. The van der Waals surface area contributed by atoms with E-state index >= 15 is 0 Å². The molecule has 0 aromatic rings. The SMILES string of the molecule is C=C(Cl)CNC(=O)C1CCCSC1. The van der Waals surface area contributed by atoms with E-state index in [-0.39, 0.29) is 11.8 Å². The highest BCUT2D eigenvalue weighted by Gasteiger charge is 2.20. The summed E-state index contributed by atoms with van der Waals surface area (Å²) in [6, 6.07) is 0. The molecule has 74 valence electrons. The fraction of sp³-hybridized carbons (Fsp3) is 0.667. The molecule has 1 rings (SSSR count). The van der Waals surface area contributed by atoms with Crippen molar-refractivity contribution in [2.75, 3.05) is 18.1 Å². The molecular weight excluding hydrogens is 206 g/mol. The smallest absolute Gasteiger partial charge is 0.224 e. The minimum Gasteiger partial charge on any atom is -0.351 e. The van der Waals surface area contributed by atoms with Crippen LogP contribution in [0.2, 0.25) is 0 Å². The summed E-state index contributed by atoms with van der Waals surface area (Å²) < 4.78 is 0. The van der Waals surface area contributed by atoms with Crippen LogP contribution in [-0.2, 0) is 4.79 Å². The summed E-state index contributed by atoms with van der Waals surface area (Å²) in [6.45, 7) is 3.91. The van der Waals surface area contributed by atoms with Crippen LogP contribution in [0.4, 0.5) is 0 Å². The second-order valence-electron chi connectivity index (χ2n) is 3.15. The summed E-state index contributed by atoms with van der Waals surface area (Å²) in [7, 11) is 0. The molecule has 1 saturated heterocycles. The summed E-state index contributed by atoms with van der Waals surface area (Å²) >= 11 is 7.40. The van der Waals surface area contributed by atoms with Gasteiger partial charge in [-0.1, -0.05) is 18.2 Å². The molecule has 1 fully saturated rings. The Bertz CT molecular complexity index is 202. The van der Waals surface area contributed by atoms with E-state index in [1.165, 1.54) is 5.75 Å². The van der Waals surface area contributed by atoms with Crippen molar-refractivity contribution in [1.82, 2.24) is 5.32 Å². The minimum atomic E-state index is 0.119. The number of hydrogen-bond donors (Lipinski definition) is 1. The molecule has 2 nitrogen and oxygen atoms in total. The Labute approximate surface area is 88.1 Å². The second-order valence-corrected chi connectivity index (χ2v) is 4.83. The molecule has 1 aliphatic rings. The Morgan fingerprint density at radius 3 is 3.00 bits per heavy atom. The summed E-state index contributed by atoms with van der Waals surface area (Å²) in [6.07, 6.45) is 2.15. The number of nitrogens with one attached hydrogen (secondary N) is 1. The molecule has 1 unspecified atom stereocenters. The minimum absolute atomic E-state index is 0.119. The maximum absolute atomic E-state index is 11.5. The number of halogens is 1. The van der Waals surface area contributed by atoms with E-state index in [2.05, 4.69) is 11.9 Å². The van der Waals surface area contributed by atoms with E-state index in [0.29, 0.717) is 11.6 Å². The van der Waals surface area contributed by atoms with Crippen molar-refractivity contribution >= 4 is 29.3 Å². The van der Waals surface area contributed by atoms with Gasteiger partial charge in [0.2, 0.25) is 5.91 Å². The van der Waals surface area contributed by atoms with E-state index in [4.69, 9.17) is 11.6 Å². The van der Waals surface area contributed by atoms with Crippen molar-refractivity contribution in [3.05, 3.63) is 11.6 Å². The van der Waals surface area contributed by atoms with Gasteiger partial charge in [0.1, 0.15) is 0 Å². The van der Waals surface area contributed by atoms with E-state index in [1.807, 2.05) is 11.8 Å². The first-order valence-corrected chi connectivity index (χ1v) is 5.92. The Kier molecular flexibility index (Phi) is 4.67. The molecule has 0 spiro atoms. The molecule has 13 heavy (non-hydrogen) atoms. The third-order valence-corrected chi connectivity index (χ3v) is 3.33. The number of hydrogen-bond acceptors (Lipinski definition) is 2. The van der Waals surface area contributed by atoms with Gasteiger partial charge in [-0.05, 0) is 18.6 Å². The molecule has 1 N–H and O–H groups in total. The van der Waals surface area contributed by atoms with Crippen molar-refractivity contribution in [3.8, 4) is 0 Å². The van der Waals surface area contributed by atoms with Crippen molar-refractivity contribution in [1.29, 1.82) is 0 Å². The highest BCUT2D eigenvalue weighted by molar-refractivity contribution is 7.99. The lowest BCUT2D eigenvalue weighted by atomic mass is 10.0. The van der Waals surface area contributed by atoms with Crippen molar-refractivity contribution in [2.45, 2.75) is 12.8 Å². The van der Waals surface area contributed by atoms with Crippen LogP contribution in [0.3, 0.4) is 0 Å². The Morgan fingerprint density at radius 2 is 2.46 bits per heavy atom. The lowest BCUT2D eigenvalue weighted by Gasteiger charge is -2.20. The molecule has 1 atom stereocenters. The fourth-order valence-corrected chi connectivity index (χ4v) is 2.48. The molecule has 1 amide bonds. The molecular formula is C9H14ClNOS. The molecule has 0 aromatic heterocycles. The maximum Gasteiger partial charge on any atom is 0.224 e. The van der Waals surface area contributed by atoms with Gasteiger partial charge in [-0.3, -0.25) is 4.79 Å². The predicted molar refractivity (Wildman–Crippen MR) is 58.1 cm³/mol. The van der Waals surface area contributed by atoms with Gasteiger partial charge in [-0.15, -0.1) is 0 Å². The molecule has 4 heteroatoms. The maximum atomic E-state index is 11.5. The highest BCUT2D eigenvalue weighted by Crippen LogP contribution is 2.22. The van der Waals surface area contributed by atoms with E-state index in [1.54, 1.807) is 0 Å². The van der Waals surface area contributed by atoms with Crippen LogP contribution in [0.1, 0.15) is 12.8 Å². The van der Waals surface area contributed by atoms with Gasteiger partial charge in [-0.2, -0.15) is 11.8 Å². The quantitative estimate of drug-likeness (QED) is 0.787. The molecule has 0 aliphatic carbocycles. The highest BCUT2D eigenvalue weighted by atomic mass is 35.5. The van der Waals surface area contributed by atoms with Gasteiger partial charge in [0, 0.05) is 16.7 Å². The number of thioether (sulfide) groups is 1. The van der Waals surface area contributed by atoms with Crippen LogP contribution in [0, 0.1) is 5.92 Å². The number of rotatable bonds is 3. The predicted octanol–water partition coefficient (Wildman–Crippen LogP) is 2.00. The zero-order chi connectivity index (χ0) is 9.68. The topological polar surface area (TPSA) is 29.1 Å². The van der Waals surface area contributed by atoms with Crippen LogP contribution in [0.25, 0.3) is 0 Å².